The molecule has 0 radical (unpaired) electrons. The predicted octanol–water partition coefficient (Wildman–Crippen LogP) is 5.01. The fourth-order valence-corrected chi connectivity index (χ4v) is 2.75. The van der Waals surface area contributed by atoms with Crippen LogP contribution in [0.1, 0.15) is 46.1 Å². The number of rotatable bonds is 5. The van der Waals surface area contributed by atoms with Gasteiger partial charge in [0, 0.05) is 12.6 Å². The van der Waals surface area contributed by atoms with Gasteiger partial charge in [0.15, 0.2) is 5.75 Å². The number of nitrogens with zero attached hydrogens (tertiary/aromatic N) is 1. The summed E-state index contributed by atoms with van der Waals surface area (Å²) in [4.78, 5) is 2.15. The SMILES string of the molecule is CCOc1c(C#CC2(C(F)(F)F)CC2)cccc1N(CC)C(C)C. The van der Waals surface area contributed by atoms with Crippen molar-refractivity contribution in [2.24, 2.45) is 5.41 Å². The molecule has 2 rings (SSSR count). The Labute approximate surface area is 142 Å². The second-order valence-electron chi connectivity index (χ2n) is 6.30. The van der Waals surface area contributed by atoms with Crippen LogP contribution in [-0.2, 0) is 0 Å². The van der Waals surface area contributed by atoms with E-state index < -0.39 is 11.6 Å². The van der Waals surface area contributed by atoms with Crippen LogP contribution in [0.15, 0.2) is 18.2 Å². The Morgan fingerprint density at radius 2 is 1.92 bits per heavy atom. The van der Waals surface area contributed by atoms with E-state index in [1.807, 2.05) is 26.0 Å². The van der Waals surface area contributed by atoms with E-state index in [9.17, 15) is 13.2 Å². The van der Waals surface area contributed by atoms with Gasteiger partial charge in [0.1, 0.15) is 5.41 Å². The molecular formula is C19H24F3NO. The van der Waals surface area contributed by atoms with Crippen LogP contribution in [-0.4, -0.2) is 25.4 Å². The number of para-hydroxylation sites is 1. The van der Waals surface area contributed by atoms with E-state index in [4.69, 9.17) is 4.74 Å². The van der Waals surface area contributed by atoms with Gasteiger partial charge in [-0.25, -0.2) is 0 Å². The highest BCUT2D eigenvalue weighted by molar-refractivity contribution is 5.66. The molecular weight excluding hydrogens is 315 g/mol. The van der Waals surface area contributed by atoms with Crippen LogP contribution < -0.4 is 9.64 Å². The fourth-order valence-electron chi connectivity index (χ4n) is 2.75. The topological polar surface area (TPSA) is 12.5 Å². The second kappa shape index (κ2) is 6.96. The molecule has 0 saturated heterocycles. The van der Waals surface area contributed by atoms with Crippen molar-refractivity contribution in [1.82, 2.24) is 0 Å². The van der Waals surface area contributed by atoms with Crippen molar-refractivity contribution in [3.8, 4) is 17.6 Å². The number of benzene rings is 1. The van der Waals surface area contributed by atoms with Crippen molar-refractivity contribution in [2.75, 3.05) is 18.1 Å². The van der Waals surface area contributed by atoms with Gasteiger partial charge in [-0.2, -0.15) is 13.2 Å². The maximum absolute atomic E-state index is 13.1. The summed E-state index contributed by atoms with van der Waals surface area (Å²) in [6.45, 7) is 9.25. The first kappa shape index (κ1) is 18.5. The third-order valence-corrected chi connectivity index (χ3v) is 4.29. The van der Waals surface area contributed by atoms with Crippen LogP contribution in [0.2, 0.25) is 0 Å². The van der Waals surface area contributed by atoms with Gasteiger partial charge >= 0.3 is 6.18 Å². The minimum atomic E-state index is -4.27. The molecule has 24 heavy (non-hydrogen) atoms. The summed E-state index contributed by atoms with van der Waals surface area (Å²) >= 11 is 0. The van der Waals surface area contributed by atoms with E-state index in [-0.39, 0.29) is 18.9 Å². The molecule has 1 fully saturated rings. The van der Waals surface area contributed by atoms with Crippen LogP contribution in [0.3, 0.4) is 0 Å². The molecule has 132 valence electrons. The van der Waals surface area contributed by atoms with Gasteiger partial charge in [-0.3, -0.25) is 0 Å². The average Bonchev–Trinajstić information content (AvgIpc) is 3.28. The zero-order chi connectivity index (χ0) is 18.0. The lowest BCUT2D eigenvalue weighted by Crippen LogP contribution is -2.30. The van der Waals surface area contributed by atoms with Crippen molar-refractivity contribution in [3.05, 3.63) is 23.8 Å². The smallest absolute Gasteiger partial charge is 0.405 e. The Hall–Kier alpha value is -1.83. The van der Waals surface area contributed by atoms with E-state index in [0.717, 1.165) is 12.2 Å². The van der Waals surface area contributed by atoms with Gasteiger partial charge in [-0.15, -0.1) is 0 Å². The van der Waals surface area contributed by atoms with Crippen LogP contribution in [0.25, 0.3) is 0 Å². The number of hydrogen-bond donors (Lipinski definition) is 0. The van der Waals surface area contributed by atoms with Crippen LogP contribution in [0, 0.1) is 17.3 Å². The fraction of sp³-hybridized carbons (Fsp3) is 0.579. The summed E-state index contributed by atoms with van der Waals surface area (Å²) in [7, 11) is 0. The van der Waals surface area contributed by atoms with Gasteiger partial charge in [0.05, 0.1) is 17.9 Å². The van der Waals surface area contributed by atoms with Crippen molar-refractivity contribution in [3.63, 3.8) is 0 Å². The van der Waals surface area contributed by atoms with Gasteiger partial charge < -0.3 is 9.64 Å². The van der Waals surface area contributed by atoms with Crippen molar-refractivity contribution in [2.45, 2.75) is 52.8 Å². The highest BCUT2D eigenvalue weighted by Gasteiger charge is 2.62. The lowest BCUT2D eigenvalue weighted by atomic mass is 10.1. The minimum absolute atomic E-state index is 0.0836. The Morgan fingerprint density at radius 3 is 2.38 bits per heavy atom. The van der Waals surface area contributed by atoms with E-state index in [1.54, 1.807) is 6.07 Å². The van der Waals surface area contributed by atoms with Crippen LogP contribution in [0.5, 0.6) is 5.75 Å². The zero-order valence-electron chi connectivity index (χ0n) is 14.6. The van der Waals surface area contributed by atoms with Crippen molar-refractivity contribution < 1.29 is 17.9 Å². The van der Waals surface area contributed by atoms with Gasteiger partial charge in [-0.05, 0) is 52.7 Å². The molecule has 1 aliphatic carbocycles. The van der Waals surface area contributed by atoms with Gasteiger partial charge in [0.2, 0.25) is 0 Å². The molecule has 0 bridgehead atoms. The standard InChI is InChI=1S/C19H24F3NO/c1-5-23(14(3)4)16-9-7-8-15(17(16)24-6-2)10-11-18(12-13-18)19(20,21)22/h7-9,14H,5-6,12-13H2,1-4H3. The Kier molecular flexibility index (Phi) is 5.37. The molecule has 0 amide bonds. The van der Waals surface area contributed by atoms with Crippen molar-refractivity contribution >= 4 is 5.69 Å². The first-order valence-electron chi connectivity index (χ1n) is 8.38. The van der Waals surface area contributed by atoms with Crippen LogP contribution >= 0.6 is 0 Å². The first-order valence-corrected chi connectivity index (χ1v) is 8.38. The molecule has 0 heterocycles. The first-order chi connectivity index (χ1) is 11.3. The molecule has 1 aromatic carbocycles. The predicted molar refractivity (Wildman–Crippen MR) is 90.4 cm³/mol. The largest absolute Gasteiger partial charge is 0.490 e. The van der Waals surface area contributed by atoms with Gasteiger partial charge in [0.25, 0.3) is 0 Å². The Balaban J connectivity index is 2.45. The maximum Gasteiger partial charge on any atom is 0.405 e. The zero-order valence-corrected chi connectivity index (χ0v) is 14.6. The van der Waals surface area contributed by atoms with Crippen molar-refractivity contribution in [1.29, 1.82) is 0 Å². The van der Waals surface area contributed by atoms with E-state index in [1.165, 1.54) is 0 Å². The summed E-state index contributed by atoms with van der Waals surface area (Å²) in [6, 6.07) is 5.72. The maximum atomic E-state index is 13.1. The second-order valence-corrected chi connectivity index (χ2v) is 6.30. The van der Waals surface area contributed by atoms with Gasteiger partial charge in [-0.1, -0.05) is 17.9 Å². The number of halogens is 3. The number of hydrogen-bond acceptors (Lipinski definition) is 2. The molecule has 2 nitrogen and oxygen atoms in total. The molecule has 1 aliphatic rings. The summed E-state index contributed by atoms with van der Waals surface area (Å²) in [6.07, 6.45) is -4.10. The third-order valence-electron chi connectivity index (χ3n) is 4.29. The Bertz CT molecular complexity index is 636. The Morgan fingerprint density at radius 1 is 1.25 bits per heavy atom. The van der Waals surface area contributed by atoms with E-state index >= 15 is 0 Å². The molecule has 0 N–H and O–H groups in total. The minimum Gasteiger partial charge on any atom is -0.490 e. The average molecular weight is 339 g/mol. The highest BCUT2D eigenvalue weighted by atomic mass is 19.4. The number of ether oxygens (including phenoxy) is 1. The molecule has 0 atom stereocenters. The number of alkyl halides is 3. The third kappa shape index (κ3) is 3.63. The van der Waals surface area contributed by atoms with E-state index in [0.29, 0.717) is 17.9 Å². The summed E-state index contributed by atoms with van der Waals surface area (Å²) < 4.78 is 45.0. The molecule has 5 heteroatoms. The molecule has 1 saturated carbocycles. The lowest BCUT2D eigenvalue weighted by molar-refractivity contribution is -0.168. The normalized spacial score (nSPS) is 15.7. The molecule has 1 aromatic rings. The quantitative estimate of drug-likeness (QED) is 0.699. The highest BCUT2D eigenvalue weighted by Crippen LogP contribution is 2.57. The molecule has 0 spiro atoms. The molecule has 0 aliphatic heterocycles. The summed E-state index contributed by atoms with van der Waals surface area (Å²) in [5, 5.41) is 0. The molecule has 0 aromatic heterocycles. The molecule has 0 unspecified atom stereocenters. The number of anilines is 1. The lowest BCUT2D eigenvalue weighted by Gasteiger charge is -2.29. The summed E-state index contributed by atoms with van der Waals surface area (Å²) in [5.74, 6) is 5.78. The summed E-state index contributed by atoms with van der Waals surface area (Å²) in [5.41, 5.74) is -0.434. The van der Waals surface area contributed by atoms with E-state index in [2.05, 4.69) is 30.6 Å². The van der Waals surface area contributed by atoms with Crippen LogP contribution in [0.4, 0.5) is 18.9 Å². The monoisotopic (exact) mass is 339 g/mol.